The number of piperidine rings is 1. The van der Waals surface area contributed by atoms with E-state index in [-0.39, 0.29) is 18.9 Å². The second kappa shape index (κ2) is 9.09. The minimum absolute atomic E-state index is 0.157. The molecular weight excluding hydrogens is 445 g/mol. The highest BCUT2D eigenvalue weighted by atomic mass is 19.4. The fourth-order valence-corrected chi connectivity index (χ4v) is 3.99. The van der Waals surface area contributed by atoms with Crippen LogP contribution in [0.4, 0.5) is 18.0 Å². The second-order valence-electron chi connectivity index (χ2n) is 9.68. The maximum Gasteiger partial charge on any atom is 0.425 e. The molecule has 33 heavy (non-hydrogen) atoms. The summed E-state index contributed by atoms with van der Waals surface area (Å²) in [5.41, 5.74) is -1.50. The van der Waals surface area contributed by atoms with Crippen LogP contribution in [0.2, 0.25) is 0 Å². The highest BCUT2D eigenvalue weighted by molar-refractivity contribution is 5.91. The van der Waals surface area contributed by atoms with Crippen molar-refractivity contribution in [2.24, 2.45) is 0 Å². The number of alkyl halides is 3. The summed E-state index contributed by atoms with van der Waals surface area (Å²) in [5.74, 6) is 0.432. The average molecular weight is 477 g/mol. The molecule has 1 aromatic rings. The summed E-state index contributed by atoms with van der Waals surface area (Å²) in [6.45, 7) is 8.47. The number of halogens is 3. The number of rotatable bonds is 5. The van der Waals surface area contributed by atoms with Crippen molar-refractivity contribution in [2.45, 2.75) is 77.0 Å². The van der Waals surface area contributed by atoms with Gasteiger partial charge in [-0.2, -0.15) is 13.2 Å². The molecule has 10 nitrogen and oxygen atoms in total. The normalized spacial score (nSPS) is 20.2. The third-order valence-corrected chi connectivity index (χ3v) is 5.92. The van der Waals surface area contributed by atoms with Gasteiger partial charge in [-0.25, -0.2) is 4.79 Å². The first-order valence-corrected chi connectivity index (χ1v) is 10.9. The van der Waals surface area contributed by atoms with Crippen LogP contribution in [0.3, 0.4) is 0 Å². The number of carbonyl (C=O) groups excluding carboxylic acids is 2. The first-order valence-electron chi connectivity index (χ1n) is 10.9. The average Bonchev–Trinajstić information content (AvgIpc) is 3.09. The van der Waals surface area contributed by atoms with Crippen LogP contribution in [0.25, 0.3) is 0 Å². The van der Waals surface area contributed by atoms with Gasteiger partial charge in [0, 0.05) is 38.3 Å². The number of nitrogens with zero attached hydrogens (tertiary/aromatic N) is 5. The van der Waals surface area contributed by atoms with Crippen LogP contribution in [0.15, 0.2) is 0 Å². The van der Waals surface area contributed by atoms with Crippen LogP contribution < -0.4 is 5.32 Å². The minimum Gasteiger partial charge on any atom is -0.437 e. The lowest BCUT2D eigenvalue weighted by Crippen LogP contribution is -2.55. The zero-order chi connectivity index (χ0) is 24.6. The van der Waals surface area contributed by atoms with E-state index in [9.17, 15) is 27.9 Å². The largest absolute Gasteiger partial charge is 0.437 e. The number of aliphatic hydroxyl groups is 1. The third-order valence-electron chi connectivity index (χ3n) is 5.92. The molecule has 1 aromatic heterocycles. The monoisotopic (exact) mass is 476 g/mol. The Morgan fingerprint density at radius 3 is 2.39 bits per heavy atom. The highest BCUT2D eigenvalue weighted by Crippen LogP contribution is 2.26. The molecule has 0 radical (unpaired) electrons. The first-order chi connectivity index (χ1) is 15.2. The van der Waals surface area contributed by atoms with Crippen LogP contribution in [-0.2, 0) is 17.8 Å². The number of β-amino-alcohol motifs (C(OH)–C–C–N with tert-alkyl or cyclic N) is 1. The number of aromatic nitrogens is 3. The Labute approximate surface area is 190 Å². The molecule has 1 fully saturated rings. The van der Waals surface area contributed by atoms with Crippen molar-refractivity contribution in [3.8, 4) is 0 Å². The Morgan fingerprint density at radius 1 is 1.18 bits per heavy atom. The number of hydrogen-bond acceptors (Lipinski definition) is 7. The van der Waals surface area contributed by atoms with Crippen LogP contribution >= 0.6 is 0 Å². The molecule has 1 unspecified atom stereocenters. The molecule has 2 aliphatic heterocycles. The van der Waals surface area contributed by atoms with Crippen molar-refractivity contribution in [3.63, 3.8) is 0 Å². The lowest BCUT2D eigenvalue weighted by molar-refractivity contribution is -0.200. The van der Waals surface area contributed by atoms with E-state index in [4.69, 9.17) is 0 Å². The molecule has 2 N–H and O–H groups in total. The predicted molar refractivity (Wildman–Crippen MR) is 110 cm³/mol. The number of ether oxygens (including phenoxy) is 1. The molecule has 2 aliphatic rings. The summed E-state index contributed by atoms with van der Waals surface area (Å²) in [6.07, 6.45) is -7.10. The number of carbonyl (C=O) groups is 2. The molecular formula is C20H31F3N6O4. The van der Waals surface area contributed by atoms with E-state index in [1.54, 1.807) is 18.4 Å². The quantitative estimate of drug-likeness (QED) is 0.663. The number of fused-ring (bicyclic) bond motifs is 1. The van der Waals surface area contributed by atoms with Gasteiger partial charge in [0.25, 0.3) is 5.91 Å². The van der Waals surface area contributed by atoms with Gasteiger partial charge in [0.2, 0.25) is 5.82 Å². The molecule has 0 aromatic carbocycles. The van der Waals surface area contributed by atoms with Crippen LogP contribution in [-0.4, -0.2) is 91.3 Å². The second-order valence-corrected chi connectivity index (χ2v) is 9.68. The molecule has 1 saturated heterocycles. The molecule has 0 saturated carbocycles. The van der Waals surface area contributed by atoms with Crippen LogP contribution in [0.5, 0.6) is 0 Å². The highest BCUT2D eigenvalue weighted by Gasteiger charge is 2.41. The van der Waals surface area contributed by atoms with Crippen molar-refractivity contribution < 1.29 is 32.6 Å². The summed E-state index contributed by atoms with van der Waals surface area (Å²) in [5, 5.41) is 21.1. The molecule has 0 aliphatic carbocycles. The first kappa shape index (κ1) is 25.2. The van der Waals surface area contributed by atoms with Gasteiger partial charge < -0.3 is 24.6 Å². The minimum atomic E-state index is -4.61. The molecule has 13 heteroatoms. The van der Waals surface area contributed by atoms with Crippen molar-refractivity contribution >= 4 is 12.0 Å². The van der Waals surface area contributed by atoms with E-state index < -0.39 is 35.4 Å². The molecule has 3 heterocycles. The van der Waals surface area contributed by atoms with Crippen molar-refractivity contribution in [2.75, 3.05) is 26.2 Å². The van der Waals surface area contributed by atoms with E-state index in [0.717, 1.165) is 6.92 Å². The van der Waals surface area contributed by atoms with Gasteiger partial charge in [0.05, 0.1) is 12.1 Å². The Bertz CT molecular complexity index is 874. The number of amides is 2. The van der Waals surface area contributed by atoms with Crippen molar-refractivity contribution in [1.82, 2.24) is 29.9 Å². The maximum absolute atomic E-state index is 12.9. The fraction of sp³-hybridized carbons (Fsp3) is 0.800. The molecule has 3 rings (SSSR count). The van der Waals surface area contributed by atoms with E-state index in [0.29, 0.717) is 44.8 Å². The Morgan fingerprint density at radius 2 is 1.82 bits per heavy atom. The Hall–Kier alpha value is -2.41. The van der Waals surface area contributed by atoms with Crippen LogP contribution in [0.1, 0.15) is 57.0 Å². The predicted octanol–water partition coefficient (Wildman–Crippen LogP) is 1.54. The topological polar surface area (TPSA) is 113 Å². The van der Waals surface area contributed by atoms with Gasteiger partial charge in [0.1, 0.15) is 5.82 Å². The van der Waals surface area contributed by atoms with E-state index in [2.05, 4.69) is 20.3 Å². The van der Waals surface area contributed by atoms with Gasteiger partial charge in [-0.05, 0) is 40.5 Å². The van der Waals surface area contributed by atoms with Crippen molar-refractivity contribution in [1.29, 1.82) is 0 Å². The maximum atomic E-state index is 12.9. The number of likely N-dealkylation sites (tertiary alicyclic amines) is 1. The lowest BCUT2D eigenvalue weighted by Gasteiger charge is -2.39. The zero-order valence-corrected chi connectivity index (χ0v) is 19.3. The lowest BCUT2D eigenvalue weighted by atomic mass is 9.89. The van der Waals surface area contributed by atoms with Gasteiger partial charge in [0.15, 0.2) is 6.10 Å². The number of hydrogen-bond donors (Lipinski definition) is 2. The molecule has 0 bridgehead atoms. The molecule has 186 valence electrons. The van der Waals surface area contributed by atoms with Crippen molar-refractivity contribution in [3.05, 3.63) is 11.6 Å². The van der Waals surface area contributed by atoms with E-state index >= 15 is 0 Å². The summed E-state index contributed by atoms with van der Waals surface area (Å²) in [7, 11) is 0. The summed E-state index contributed by atoms with van der Waals surface area (Å²) in [4.78, 5) is 28.2. The molecule has 0 spiro atoms. The van der Waals surface area contributed by atoms with Gasteiger partial charge in [-0.3, -0.25) is 9.69 Å². The van der Waals surface area contributed by atoms with Gasteiger partial charge in [-0.15, -0.1) is 10.2 Å². The summed E-state index contributed by atoms with van der Waals surface area (Å²) in [6, 6.07) is 0. The van der Waals surface area contributed by atoms with Gasteiger partial charge in [-0.1, -0.05) is 0 Å². The fourth-order valence-electron chi connectivity index (χ4n) is 3.99. The van der Waals surface area contributed by atoms with Crippen LogP contribution in [0, 0.1) is 0 Å². The third kappa shape index (κ3) is 6.34. The summed E-state index contributed by atoms with van der Waals surface area (Å²) < 4.78 is 44.1. The molecule has 2 amide bonds. The smallest absolute Gasteiger partial charge is 0.425 e. The van der Waals surface area contributed by atoms with Gasteiger partial charge >= 0.3 is 12.3 Å². The zero-order valence-electron chi connectivity index (χ0n) is 19.3. The molecule has 1 atom stereocenters. The summed E-state index contributed by atoms with van der Waals surface area (Å²) >= 11 is 0. The number of nitrogens with one attached hydrogen (secondary N) is 1. The Kier molecular flexibility index (Phi) is 6.94. The van der Waals surface area contributed by atoms with E-state index in [1.165, 1.54) is 4.90 Å². The van der Waals surface area contributed by atoms with E-state index in [1.807, 2.05) is 11.8 Å². The standard InChI is InChI=1S/C20H31F3N6O4/c1-13(20(21,22)23)33-17(31)28-7-5-19(4,6-8-28)24-16(30)15-26-25-14-11-27(9-10-29(14)15)12-18(2,3)32/h13,32H,5-12H2,1-4H3,(H,24,30). The Balaban J connectivity index is 1.55. The SMILES string of the molecule is CC(OC(=O)N1CCC(C)(NC(=O)c2nnc3n2CCN(CC(C)(C)O)C3)CC1)C(F)(F)F.